The summed E-state index contributed by atoms with van der Waals surface area (Å²) in [5.74, 6) is 0.167. The summed E-state index contributed by atoms with van der Waals surface area (Å²) in [6.07, 6.45) is 5.37. The molecule has 0 aliphatic heterocycles. The van der Waals surface area contributed by atoms with Gasteiger partial charge in [-0.25, -0.2) is 0 Å². The Morgan fingerprint density at radius 3 is 2.00 bits per heavy atom. The lowest BCUT2D eigenvalue weighted by Gasteiger charge is -2.36. The molecule has 2 atom stereocenters. The number of carboxylic acid groups (broad SMARTS) is 1. The highest BCUT2D eigenvalue weighted by Gasteiger charge is 2.69. The minimum Gasteiger partial charge on any atom is -0.481 e. The molecule has 4 bridgehead atoms. The zero-order chi connectivity index (χ0) is 10.2. The molecule has 0 heterocycles. The summed E-state index contributed by atoms with van der Waals surface area (Å²) < 4.78 is 0. The van der Waals surface area contributed by atoms with Crippen LogP contribution >= 0.6 is 0 Å². The van der Waals surface area contributed by atoms with E-state index in [1.165, 1.54) is 12.8 Å². The second-order valence-corrected chi connectivity index (χ2v) is 6.54. The molecule has 14 heavy (non-hydrogen) atoms. The summed E-state index contributed by atoms with van der Waals surface area (Å²) in [6.45, 7) is 4.63. The Labute approximate surface area is 84.7 Å². The van der Waals surface area contributed by atoms with Crippen molar-refractivity contribution in [1.29, 1.82) is 0 Å². The highest BCUT2D eigenvalue weighted by molar-refractivity contribution is 5.76. The first kappa shape index (κ1) is 8.75. The summed E-state index contributed by atoms with van der Waals surface area (Å²) in [5, 5.41) is 9.38. The average molecular weight is 194 g/mol. The Bertz CT molecular complexity index is 302. The van der Waals surface area contributed by atoms with E-state index in [1.807, 2.05) is 0 Å². The molecule has 0 unspecified atom stereocenters. The summed E-state index contributed by atoms with van der Waals surface area (Å²) in [5.41, 5.74) is 0.313. The van der Waals surface area contributed by atoms with E-state index < -0.39 is 5.97 Å². The number of hydrogen-bond donors (Lipinski definition) is 1. The molecule has 0 spiro atoms. The monoisotopic (exact) mass is 194 g/mol. The second kappa shape index (κ2) is 2.02. The van der Waals surface area contributed by atoms with Crippen LogP contribution in [-0.4, -0.2) is 11.1 Å². The number of hydrogen-bond acceptors (Lipinski definition) is 1. The molecule has 4 aliphatic carbocycles. The van der Waals surface area contributed by atoms with E-state index in [0.29, 0.717) is 16.7 Å². The standard InChI is InChI=1S/C12H18O2/c1-10-3-8-4-11(10,2)7-12(5-8,6-10)9(13)14/h8H,3-7H2,1-2H3,(H,13,14)/t8?,10-,11-,12?/m1/s1. The van der Waals surface area contributed by atoms with Crippen LogP contribution in [0.2, 0.25) is 0 Å². The van der Waals surface area contributed by atoms with Gasteiger partial charge in [0.2, 0.25) is 0 Å². The van der Waals surface area contributed by atoms with Gasteiger partial charge in [-0.15, -0.1) is 0 Å². The molecule has 4 rings (SSSR count). The van der Waals surface area contributed by atoms with Crippen molar-refractivity contribution < 1.29 is 9.90 Å². The van der Waals surface area contributed by atoms with Gasteiger partial charge in [0.1, 0.15) is 0 Å². The molecular weight excluding hydrogens is 176 g/mol. The van der Waals surface area contributed by atoms with Crippen LogP contribution in [0.15, 0.2) is 0 Å². The van der Waals surface area contributed by atoms with Crippen molar-refractivity contribution in [3.8, 4) is 0 Å². The van der Waals surface area contributed by atoms with Gasteiger partial charge in [-0.05, 0) is 48.9 Å². The lowest BCUT2D eigenvalue weighted by atomic mass is 9.67. The first-order chi connectivity index (χ1) is 6.39. The minimum atomic E-state index is -0.531. The molecule has 78 valence electrons. The van der Waals surface area contributed by atoms with Gasteiger partial charge in [0.05, 0.1) is 5.41 Å². The van der Waals surface area contributed by atoms with Crippen LogP contribution in [-0.2, 0) is 4.79 Å². The summed E-state index contributed by atoms with van der Waals surface area (Å²) >= 11 is 0. The molecule has 4 aliphatic rings. The minimum absolute atomic E-state index is 0.328. The quantitative estimate of drug-likeness (QED) is 0.696. The van der Waals surface area contributed by atoms with E-state index >= 15 is 0 Å². The molecule has 4 saturated carbocycles. The summed E-state index contributed by atoms with van der Waals surface area (Å²) in [6, 6.07) is 0. The van der Waals surface area contributed by atoms with Crippen molar-refractivity contribution in [1.82, 2.24) is 0 Å². The second-order valence-electron chi connectivity index (χ2n) is 6.54. The van der Waals surface area contributed by atoms with Gasteiger partial charge in [-0.3, -0.25) is 4.79 Å². The SMILES string of the molecule is C[C@@]12CC3CC(C(=O)O)(C1)C[C@@]2(C)C3. The molecule has 0 aromatic carbocycles. The van der Waals surface area contributed by atoms with E-state index in [0.717, 1.165) is 19.3 Å². The molecule has 0 amide bonds. The van der Waals surface area contributed by atoms with Crippen LogP contribution in [0, 0.1) is 22.2 Å². The van der Waals surface area contributed by atoms with Crippen LogP contribution in [0.25, 0.3) is 0 Å². The van der Waals surface area contributed by atoms with Gasteiger partial charge in [0.25, 0.3) is 0 Å². The lowest BCUT2D eigenvalue weighted by Crippen LogP contribution is -2.36. The van der Waals surface area contributed by atoms with E-state index in [9.17, 15) is 9.90 Å². The third-order valence-electron chi connectivity index (χ3n) is 5.53. The van der Waals surface area contributed by atoms with Gasteiger partial charge in [-0.1, -0.05) is 13.8 Å². The van der Waals surface area contributed by atoms with Crippen molar-refractivity contribution in [3.63, 3.8) is 0 Å². The van der Waals surface area contributed by atoms with Crippen LogP contribution in [0.4, 0.5) is 0 Å². The third kappa shape index (κ3) is 0.731. The van der Waals surface area contributed by atoms with E-state index in [2.05, 4.69) is 13.8 Å². The molecule has 2 heteroatoms. The number of carboxylic acids is 1. The van der Waals surface area contributed by atoms with Gasteiger partial charge >= 0.3 is 5.97 Å². The average Bonchev–Trinajstić information content (AvgIpc) is 2.25. The van der Waals surface area contributed by atoms with E-state index in [1.54, 1.807) is 0 Å². The smallest absolute Gasteiger partial charge is 0.309 e. The van der Waals surface area contributed by atoms with Crippen molar-refractivity contribution in [3.05, 3.63) is 0 Å². The van der Waals surface area contributed by atoms with Gasteiger partial charge in [0, 0.05) is 0 Å². The highest BCUT2D eigenvalue weighted by atomic mass is 16.4. The molecule has 0 saturated heterocycles. The Morgan fingerprint density at radius 2 is 1.64 bits per heavy atom. The molecule has 4 fully saturated rings. The van der Waals surface area contributed by atoms with Crippen molar-refractivity contribution in [2.24, 2.45) is 22.2 Å². The zero-order valence-corrected chi connectivity index (χ0v) is 8.97. The fourth-order valence-electron chi connectivity index (χ4n) is 5.05. The third-order valence-corrected chi connectivity index (χ3v) is 5.53. The van der Waals surface area contributed by atoms with Gasteiger partial charge < -0.3 is 5.11 Å². The predicted octanol–water partition coefficient (Wildman–Crippen LogP) is 2.68. The van der Waals surface area contributed by atoms with E-state index in [-0.39, 0.29) is 5.41 Å². The number of rotatable bonds is 1. The Kier molecular flexibility index (Phi) is 1.27. The van der Waals surface area contributed by atoms with Gasteiger partial charge in [-0.2, -0.15) is 0 Å². The largest absolute Gasteiger partial charge is 0.481 e. The normalized spacial score (nSPS) is 59.4. The zero-order valence-electron chi connectivity index (χ0n) is 8.97. The van der Waals surface area contributed by atoms with Crippen LogP contribution in [0.5, 0.6) is 0 Å². The van der Waals surface area contributed by atoms with Crippen LogP contribution in [0.3, 0.4) is 0 Å². The first-order valence-electron chi connectivity index (χ1n) is 5.63. The maximum Gasteiger partial charge on any atom is 0.309 e. The topological polar surface area (TPSA) is 37.3 Å². The van der Waals surface area contributed by atoms with Crippen molar-refractivity contribution in [2.45, 2.75) is 46.0 Å². The summed E-state index contributed by atoms with van der Waals surface area (Å²) in [7, 11) is 0. The van der Waals surface area contributed by atoms with Crippen molar-refractivity contribution >= 4 is 5.97 Å². The van der Waals surface area contributed by atoms with Crippen molar-refractivity contribution in [2.75, 3.05) is 0 Å². The summed E-state index contributed by atoms with van der Waals surface area (Å²) in [4.78, 5) is 11.4. The van der Waals surface area contributed by atoms with Crippen LogP contribution < -0.4 is 0 Å². The molecule has 2 nitrogen and oxygen atoms in total. The maximum absolute atomic E-state index is 11.4. The maximum atomic E-state index is 11.4. The van der Waals surface area contributed by atoms with E-state index in [4.69, 9.17) is 0 Å². The molecule has 0 radical (unpaired) electrons. The fourth-order valence-corrected chi connectivity index (χ4v) is 5.05. The Hall–Kier alpha value is -0.530. The molecule has 0 aromatic heterocycles. The Morgan fingerprint density at radius 1 is 1.14 bits per heavy atom. The number of aliphatic carboxylic acids is 1. The highest BCUT2D eigenvalue weighted by Crippen LogP contribution is 2.76. The molecule has 0 aromatic rings. The number of carbonyl (C=O) groups is 1. The first-order valence-corrected chi connectivity index (χ1v) is 5.63. The fraction of sp³-hybridized carbons (Fsp3) is 0.917. The van der Waals surface area contributed by atoms with Crippen LogP contribution in [0.1, 0.15) is 46.0 Å². The Balaban J connectivity index is 2.09. The predicted molar refractivity (Wildman–Crippen MR) is 52.9 cm³/mol. The molecule has 1 N–H and O–H groups in total. The molecular formula is C12H18O2. The van der Waals surface area contributed by atoms with Gasteiger partial charge in [0.15, 0.2) is 0 Å². The lowest BCUT2D eigenvalue weighted by molar-refractivity contribution is -0.152.